The fourth-order valence-electron chi connectivity index (χ4n) is 3.58. The summed E-state index contributed by atoms with van der Waals surface area (Å²) >= 11 is 0. The first kappa shape index (κ1) is 12.6. The molecule has 1 aromatic heterocycles. The molecule has 0 N–H and O–H groups in total. The van der Waals surface area contributed by atoms with Gasteiger partial charge in [0.1, 0.15) is 5.82 Å². The van der Waals surface area contributed by atoms with Crippen LogP contribution in [0.1, 0.15) is 44.1 Å². The Labute approximate surface area is 125 Å². The number of allylic oxidation sites excluding steroid dienone is 4. The van der Waals surface area contributed by atoms with Crippen LogP contribution in [-0.4, -0.2) is 9.55 Å². The van der Waals surface area contributed by atoms with Gasteiger partial charge in [-0.3, -0.25) is 0 Å². The minimum Gasteiger partial charge on any atom is -0.303 e. The molecule has 0 spiro atoms. The molecule has 0 bridgehead atoms. The van der Waals surface area contributed by atoms with Crippen molar-refractivity contribution in [2.75, 3.05) is 0 Å². The van der Waals surface area contributed by atoms with Crippen LogP contribution in [0.3, 0.4) is 0 Å². The number of benzene rings is 1. The molecule has 2 heterocycles. The molecule has 2 heteroatoms. The van der Waals surface area contributed by atoms with E-state index < -0.39 is 0 Å². The van der Waals surface area contributed by atoms with E-state index in [1.54, 1.807) is 5.57 Å². The molecular formula is C19H20N2. The molecule has 1 aliphatic carbocycles. The Kier molecular flexibility index (Phi) is 3.03. The molecule has 0 saturated heterocycles. The Balaban J connectivity index is 1.82. The van der Waals surface area contributed by atoms with Crippen LogP contribution >= 0.6 is 0 Å². The van der Waals surface area contributed by atoms with Crippen molar-refractivity contribution in [2.24, 2.45) is 0 Å². The van der Waals surface area contributed by atoms with Gasteiger partial charge in [0, 0.05) is 29.6 Å². The number of fused-ring (bicyclic) bond motifs is 6. The monoisotopic (exact) mass is 276 g/mol. The van der Waals surface area contributed by atoms with Gasteiger partial charge in [-0.15, -0.1) is 0 Å². The molecule has 4 rings (SSSR count). The third-order valence-electron chi connectivity index (χ3n) is 4.66. The molecule has 1 unspecified atom stereocenters. The molecule has 1 aromatic carbocycles. The molecule has 1 atom stereocenters. The number of nitrogens with zero attached hydrogens (tertiary/aromatic N) is 2. The predicted octanol–water partition coefficient (Wildman–Crippen LogP) is 5.01. The Morgan fingerprint density at radius 2 is 2.14 bits per heavy atom. The third-order valence-corrected chi connectivity index (χ3v) is 4.66. The van der Waals surface area contributed by atoms with Gasteiger partial charge >= 0.3 is 0 Å². The highest BCUT2D eigenvalue weighted by Gasteiger charge is 2.30. The summed E-state index contributed by atoms with van der Waals surface area (Å²) in [7, 11) is 0. The van der Waals surface area contributed by atoms with Crippen LogP contribution in [-0.2, 0) is 0 Å². The number of hydrogen-bond acceptors (Lipinski definition) is 1. The summed E-state index contributed by atoms with van der Waals surface area (Å²) in [5.74, 6) is 1.57. The molecule has 2 nitrogen and oxygen atoms in total. The molecule has 0 amide bonds. The average molecular weight is 276 g/mol. The van der Waals surface area contributed by atoms with E-state index in [0.717, 1.165) is 12.2 Å². The van der Waals surface area contributed by atoms with E-state index in [-0.39, 0.29) is 0 Å². The SMILES string of the molecule is CCCCC1=CC=C2C(C1)c1ccccc1-c1nccn12. The summed E-state index contributed by atoms with van der Waals surface area (Å²) in [6.07, 6.45) is 13.6. The second kappa shape index (κ2) is 5.03. The minimum absolute atomic E-state index is 0.486. The molecule has 2 aliphatic rings. The lowest BCUT2D eigenvalue weighted by Gasteiger charge is -2.32. The number of imidazole rings is 1. The fourth-order valence-corrected chi connectivity index (χ4v) is 3.58. The maximum Gasteiger partial charge on any atom is 0.144 e. The average Bonchev–Trinajstić information content (AvgIpc) is 3.03. The van der Waals surface area contributed by atoms with Gasteiger partial charge in [0.05, 0.1) is 0 Å². The van der Waals surface area contributed by atoms with Crippen LogP contribution in [0.25, 0.3) is 17.1 Å². The first-order valence-corrected chi connectivity index (χ1v) is 7.91. The Bertz CT molecular complexity index is 734. The molecule has 0 saturated carbocycles. The highest BCUT2D eigenvalue weighted by molar-refractivity contribution is 5.77. The summed E-state index contributed by atoms with van der Waals surface area (Å²) < 4.78 is 2.26. The van der Waals surface area contributed by atoms with Crippen LogP contribution in [0.2, 0.25) is 0 Å². The second-order valence-electron chi connectivity index (χ2n) is 5.98. The highest BCUT2D eigenvalue weighted by atomic mass is 15.1. The lowest BCUT2D eigenvalue weighted by atomic mass is 9.80. The fraction of sp³-hybridized carbons (Fsp3) is 0.316. The van der Waals surface area contributed by atoms with Gasteiger partial charge in [-0.25, -0.2) is 4.98 Å². The number of aromatic nitrogens is 2. The summed E-state index contributed by atoms with van der Waals surface area (Å²) in [4.78, 5) is 4.56. The van der Waals surface area contributed by atoms with E-state index in [1.807, 2.05) is 6.20 Å². The van der Waals surface area contributed by atoms with Gasteiger partial charge in [0.25, 0.3) is 0 Å². The van der Waals surface area contributed by atoms with Gasteiger partial charge in [0.2, 0.25) is 0 Å². The number of unbranched alkanes of at least 4 members (excludes halogenated alkanes) is 1. The second-order valence-corrected chi connectivity index (χ2v) is 5.98. The lowest BCUT2D eigenvalue weighted by molar-refractivity contribution is 0.701. The summed E-state index contributed by atoms with van der Waals surface area (Å²) in [6, 6.07) is 8.74. The standard InChI is InChI=1S/C19H20N2/c1-2-3-6-14-9-10-18-17(13-14)15-7-4-5-8-16(15)19-20-11-12-21(18)19/h4-5,7-12,17H,2-3,6,13H2,1H3. The van der Waals surface area contributed by atoms with Crippen LogP contribution in [0.4, 0.5) is 0 Å². The maximum absolute atomic E-state index is 4.56. The van der Waals surface area contributed by atoms with Gasteiger partial charge in [-0.05, 0) is 30.9 Å². The zero-order valence-electron chi connectivity index (χ0n) is 12.4. The lowest BCUT2D eigenvalue weighted by Crippen LogP contribution is -2.18. The van der Waals surface area contributed by atoms with E-state index >= 15 is 0 Å². The summed E-state index contributed by atoms with van der Waals surface area (Å²) in [5, 5.41) is 0. The third kappa shape index (κ3) is 1.98. The molecule has 21 heavy (non-hydrogen) atoms. The van der Waals surface area contributed by atoms with Crippen molar-refractivity contribution in [1.82, 2.24) is 9.55 Å². The minimum atomic E-state index is 0.486. The van der Waals surface area contributed by atoms with Crippen molar-refractivity contribution >= 4 is 5.70 Å². The largest absolute Gasteiger partial charge is 0.303 e. The van der Waals surface area contributed by atoms with E-state index in [2.05, 4.69) is 59.1 Å². The van der Waals surface area contributed by atoms with Crippen molar-refractivity contribution in [3.8, 4) is 11.4 Å². The number of rotatable bonds is 3. The van der Waals surface area contributed by atoms with Crippen LogP contribution in [0.5, 0.6) is 0 Å². The quantitative estimate of drug-likeness (QED) is 0.770. The predicted molar refractivity (Wildman–Crippen MR) is 86.9 cm³/mol. The van der Waals surface area contributed by atoms with Crippen molar-refractivity contribution in [2.45, 2.75) is 38.5 Å². The zero-order chi connectivity index (χ0) is 14.2. The van der Waals surface area contributed by atoms with Crippen molar-refractivity contribution < 1.29 is 0 Å². The molecule has 0 radical (unpaired) electrons. The van der Waals surface area contributed by atoms with E-state index in [1.165, 1.54) is 36.1 Å². The Morgan fingerprint density at radius 3 is 3.05 bits per heavy atom. The summed E-state index contributed by atoms with van der Waals surface area (Å²) in [5.41, 5.74) is 5.69. The van der Waals surface area contributed by atoms with Gasteiger partial charge in [-0.1, -0.05) is 49.3 Å². The molecule has 106 valence electrons. The molecular weight excluding hydrogens is 256 g/mol. The van der Waals surface area contributed by atoms with Crippen LogP contribution in [0.15, 0.2) is 54.4 Å². The van der Waals surface area contributed by atoms with Crippen LogP contribution in [0, 0.1) is 0 Å². The maximum atomic E-state index is 4.56. The Morgan fingerprint density at radius 1 is 1.24 bits per heavy atom. The van der Waals surface area contributed by atoms with Crippen molar-refractivity contribution in [3.63, 3.8) is 0 Å². The molecule has 0 fully saturated rings. The van der Waals surface area contributed by atoms with Gasteiger partial charge in [0.15, 0.2) is 0 Å². The van der Waals surface area contributed by atoms with Crippen molar-refractivity contribution in [3.05, 3.63) is 59.9 Å². The van der Waals surface area contributed by atoms with E-state index in [9.17, 15) is 0 Å². The van der Waals surface area contributed by atoms with E-state index in [4.69, 9.17) is 0 Å². The van der Waals surface area contributed by atoms with E-state index in [0.29, 0.717) is 5.92 Å². The zero-order valence-corrected chi connectivity index (χ0v) is 12.4. The van der Waals surface area contributed by atoms with Crippen molar-refractivity contribution in [1.29, 1.82) is 0 Å². The normalized spacial score (nSPS) is 19.2. The number of hydrogen-bond donors (Lipinski definition) is 0. The summed E-state index contributed by atoms with van der Waals surface area (Å²) in [6.45, 7) is 2.26. The van der Waals surface area contributed by atoms with Gasteiger partial charge in [-0.2, -0.15) is 0 Å². The topological polar surface area (TPSA) is 17.8 Å². The first-order chi connectivity index (χ1) is 10.4. The Hall–Kier alpha value is -2.09. The van der Waals surface area contributed by atoms with Gasteiger partial charge < -0.3 is 4.57 Å². The molecule has 1 aliphatic heterocycles. The smallest absolute Gasteiger partial charge is 0.144 e. The van der Waals surface area contributed by atoms with Crippen LogP contribution < -0.4 is 0 Å². The molecule has 2 aromatic rings. The highest BCUT2D eigenvalue weighted by Crippen LogP contribution is 2.46. The first-order valence-electron chi connectivity index (χ1n) is 7.91.